The molecule has 3 fully saturated rings. The van der Waals surface area contributed by atoms with E-state index in [9.17, 15) is 14.4 Å². The minimum Gasteiger partial charge on any atom is -0.342 e. The van der Waals surface area contributed by atoms with Gasteiger partial charge in [0.15, 0.2) is 0 Å². The zero-order valence-corrected chi connectivity index (χ0v) is 19.5. The van der Waals surface area contributed by atoms with E-state index in [4.69, 9.17) is 0 Å². The zero-order valence-electron chi connectivity index (χ0n) is 17.9. The summed E-state index contributed by atoms with van der Waals surface area (Å²) in [6.07, 6.45) is 6.36. The van der Waals surface area contributed by atoms with Gasteiger partial charge in [0.1, 0.15) is 6.04 Å². The summed E-state index contributed by atoms with van der Waals surface area (Å²) >= 11 is 3.45. The molecule has 1 N–H and O–H groups in total. The monoisotopic (exact) mass is 490 g/mol. The largest absolute Gasteiger partial charge is 0.342 e. The average Bonchev–Trinajstić information content (AvgIpc) is 3.30. The topological polar surface area (TPSA) is 73.0 Å². The highest BCUT2D eigenvalue weighted by atomic mass is 79.9. The standard InChI is InChI=1S/C23H31BrN4O3/c24-18-7-2-3-8-19(18)25-23(31)28-14-6-9-20(28)22(30)27-15-10-17(11-16-27)21(29)26-12-4-1-5-13-26/h2-3,7-8,17,20H,1,4-6,9-16H2,(H,25,31)/t20-/m0/s1. The number of piperidine rings is 2. The lowest BCUT2D eigenvalue weighted by atomic mass is 9.94. The number of rotatable bonds is 3. The molecule has 0 radical (unpaired) electrons. The third-order valence-electron chi connectivity index (χ3n) is 6.74. The number of hydrogen-bond donors (Lipinski definition) is 1. The normalized spacial score (nSPS) is 22.5. The van der Waals surface area contributed by atoms with E-state index in [1.165, 1.54) is 6.42 Å². The molecule has 0 aliphatic carbocycles. The molecule has 0 aromatic heterocycles. The Labute approximate surface area is 192 Å². The Morgan fingerprint density at radius 1 is 0.806 bits per heavy atom. The first-order valence-electron chi connectivity index (χ1n) is 11.4. The number of carbonyl (C=O) groups is 3. The molecule has 0 unspecified atom stereocenters. The van der Waals surface area contributed by atoms with Crippen LogP contribution in [-0.4, -0.2) is 71.3 Å². The van der Waals surface area contributed by atoms with Gasteiger partial charge in [0.25, 0.3) is 0 Å². The van der Waals surface area contributed by atoms with Gasteiger partial charge in [-0.2, -0.15) is 0 Å². The van der Waals surface area contributed by atoms with Gasteiger partial charge >= 0.3 is 6.03 Å². The summed E-state index contributed by atoms with van der Waals surface area (Å²) in [5.74, 6) is 0.311. The van der Waals surface area contributed by atoms with Crippen LogP contribution in [0, 0.1) is 5.92 Å². The quantitative estimate of drug-likeness (QED) is 0.701. The van der Waals surface area contributed by atoms with Crippen LogP contribution in [-0.2, 0) is 9.59 Å². The van der Waals surface area contributed by atoms with Gasteiger partial charge in [0.05, 0.1) is 5.69 Å². The molecule has 0 bridgehead atoms. The van der Waals surface area contributed by atoms with Crippen LogP contribution in [0.4, 0.5) is 10.5 Å². The highest BCUT2D eigenvalue weighted by Crippen LogP contribution is 2.27. The molecule has 31 heavy (non-hydrogen) atoms. The van der Waals surface area contributed by atoms with E-state index in [1.54, 1.807) is 4.90 Å². The number of urea groups is 1. The first kappa shape index (κ1) is 22.1. The molecule has 4 amide bonds. The highest BCUT2D eigenvalue weighted by molar-refractivity contribution is 9.10. The number of nitrogens with one attached hydrogen (secondary N) is 1. The maximum absolute atomic E-state index is 13.2. The summed E-state index contributed by atoms with van der Waals surface area (Å²) in [5.41, 5.74) is 0.697. The molecular formula is C23H31BrN4O3. The molecular weight excluding hydrogens is 460 g/mol. The number of amides is 4. The van der Waals surface area contributed by atoms with E-state index in [0.717, 1.165) is 49.7 Å². The lowest BCUT2D eigenvalue weighted by Gasteiger charge is -2.37. The van der Waals surface area contributed by atoms with Crippen LogP contribution in [0.1, 0.15) is 44.9 Å². The first-order chi connectivity index (χ1) is 15.0. The van der Waals surface area contributed by atoms with Crippen LogP contribution in [0.3, 0.4) is 0 Å². The Hall–Kier alpha value is -2.09. The predicted octanol–water partition coefficient (Wildman–Crippen LogP) is 3.70. The van der Waals surface area contributed by atoms with E-state index in [1.807, 2.05) is 34.1 Å². The molecule has 3 saturated heterocycles. The fourth-order valence-corrected chi connectivity index (χ4v) is 5.33. The van der Waals surface area contributed by atoms with Gasteiger partial charge in [-0.25, -0.2) is 4.79 Å². The maximum Gasteiger partial charge on any atom is 0.322 e. The SMILES string of the molecule is O=C(C1CCN(C(=O)[C@@H]2CCCN2C(=O)Nc2ccccc2Br)CC1)N1CCCCC1. The minimum absolute atomic E-state index is 0.0173. The van der Waals surface area contributed by atoms with Gasteiger partial charge in [-0.1, -0.05) is 12.1 Å². The number of para-hydroxylation sites is 1. The van der Waals surface area contributed by atoms with Crippen molar-refractivity contribution in [2.24, 2.45) is 5.92 Å². The molecule has 1 aromatic rings. The third kappa shape index (κ3) is 5.05. The molecule has 0 saturated carbocycles. The molecule has 3 heterocycles. The van der Waals surface area contributed by atoms with Crippen LogP contribution >= 0.6 is 15.9 Å². The van der Waals surface area contributed by atoms with Crippen molar-refractivity contribution in [3.05, 3.63) is 28.7 Å². The van der Waals surface area contributed by atoms with Crippen molar-refractivity contribution >= 4 is 39.5 Å². The molecule has 8 heteroatoms. The summed E-state index contributed by atoms with van der Waals surface area (Å²) in [7, 11) is 0. The van der Waals surface area contributed by atoms with E-state index in [-0.39, 0.29) is 23.8 Å². The minimum atomic E-state index is -0.420. The number of likely N-dealkylation sites (tertiary alicyclic amines) is 3. The van der Waals surface area contributed by atoms with Crippen LogP contribution in [0.5, 0.6) is 0 Å². The van der Waals surface area contributed by atoms with Gasteiger partial charge in [0.2, 0.25) is 11.8 Å². The van der Waals surface area contributed by atoms with Crippen LogP contribution < -0.4 is 5.32 Å². The van der Waals surface area contributed by atoms with Crippen molar-refractivity contribution < 1.29 is 14.4 Å². The van der Waals surface area contributed by atoms with Gasteiger partial charge in [-0.05, 0) is 73.0 Å². The molecule has 1 atom stereocenters. The number of carbonyl (C=O) groups excluding carboxylic acids is 3. The van der Waals surface area contributed by atoms with Crippen molar-refractivity contribution in [3.63, 3.8) is 0 Å². The third-order valence-corrected chi connectivity index (χ3v) is 7.43. The Bertz CT molecular complexity index is 819. The van der Waals surface area contributed by atoms with E-state index in [2.05, 4.69) is 21.2 Å². The average molecular weight is 491 g/mol. The maximum atomic E-state index is 13.2. The van der Waals surface area contributed by atoms with E-state index < -0.39 is 6.04 Å². The van der Waals surface area contributed by atoms with Crippen LogP contribution in [0.15, 0.2) is 28.7 Å². The summed E-state index contributed by atoms with van der Waals surface area (Å²) < 4.78 is 0.811. The van der Waals surface area contributed by atoms with Crippen molar-refractivity contribution in [1.82, 2.24) is 14.7 Å². The fraction of sp³-hybridized carbons (Fsp3) is 0.609. The molecule has 1 aromatic carbocycles. The number of nitrogens with zero attached hydrogens (tertiary/aromatic N) is 3. The van der Waals surface area contributed by atoms with Crippen molar-refractivity contribution in [3.8, 4) is 0 Å². The summed E-state index contributed by atoms with van der Waals surface area (Å²) in [5, 5.41) is 2.92. The Morgan fingerprint density at radius 2 is 1.48 bits per heavy atom. The number of hydrogen-bond acceptors (Lipinski definition) is 3. The second kappa shape index (κ2) is 10.0. The molecule has 0 spiro atoms. The molecule has 3 aliphatic heterocycles. The second-order valence-electron chi connectivity index (χ2n) is 8.75. The van der Waals surface area contributed by atoms with Crippen LogP contribution in [0.25, 0.3) is 0 Å². The number of anilines is 1. The Kier molecular flexibility index (Phi) is 7.15. The molecule has 168 valence electrons. The van der Waals surface area contributed by atoms with E-state index >= 15 is 0 Å². The lowest BCUT2D eigenvalue weighted by molar-refractivity contribution is -0.142. The van der Waals surface area contributed by atoms with Gasteiger partial charge in [-0.3, -0.25) is 9.59 Å². The van der Waals surface area contributed by atoms with Gasteiger partial charge in [-0.15, -0.1) is 0 Å². The van der Waals surface area contributed by atoms with Gasteiger partial charge in [0, 0.05) is 43.1 Å². The summed E-state index contributed by atoms with van der Waals surface area (Å²) in [6, 6.07) is 6.80. The van der Waals surface area contributed by atoms with E-state index in [0.29, 0.717) is 31.7 Å². The Balaban J connectivity index is 1.32. The highest BCUT2D eigenvalue weighted by Gasteiger charge is 2.39. The Morgan fingerprint density at radius 3 is 2.19 bits per heavy atom. The predicted molar refractivity (Wildman–Crippen MR) is 123 cm³/mol. The number of benzene rings is 1. The number of halogens is 1. The van der Waals surface area contributed by atoms with Crippen molar-refractivity contribution in [2.75, 3.05) is 38.0 Å². The molecule has 7 nitrogen and oxygen atoms in total. The van der Waals surface area contributed by atoms with Gasteiger partial charge < -0.3 is 20.0 Å². The summed E-state index contributed by atoms with van der Waals surface area (Å²) in [4.78, 5) is 44.4. The second-order valence-corrected chi connectivity index (χ2v) is 9.60. The van der Waals surface area contributed by atoms with Crippen molar-refractivity contribution in [1.29, 1.82) is 0 Å². The van der Waals surface area contributed by atoms with Crippen molar-refractivity contribution in [2.45, 2.75) is 51.0 Å². The molecule has 4 rings (SSSR count). The summed E-state index contributed by atoms with van der Waals surface area (Å²) in [6.45, 7) is 3.53. The lowest BCUT2D eigenvalue weighted by Crippen LogP contribution is -2.52. The first-order valence-corrected chi connectivity index (χ1v) is 12.2. The molecule has 3 aliphatic rings. The smallest absolute Gasteiger partial charge is 0.322 e. The fourth-order valence-electron chi connectivity index (χ4n) is 4.95. The van der Waals surface area contributed by atoms with Crippen LogP contribution in [0.2, 0.25) is 0 Å². The zero-order chi connectivity index (χ0) is 21.8.